The minimum absolute atomic E-state index is 0.0476. The van der Waals surface area contributed by atoms with Gasteiger partial charge < -0.3 is 14.5 Å². The number of nitrogens with zero attached hydrogens (tertiary/aromatic N) is 2. The van der Waals surface area contributed by atoms with Crippen molar-refractivity contribution in [3.63, 3.8) is 0 Å². The average molecular weight is 245 g/mol. The molecule has 1 aliphatic rings. The van der Waals surface area contributed by atoms with E-state index in [2.05, 4.69) is 17.2 Å². The van der Waals surface area contributed by atoms with E-state index in [0.29, 0.717) is 6.61 Å². The first kappa shape index (κ1) is 11.7. The predicted molar refractivity (Wildman–Crippen MR) is 70.5 cm³/mol. The van der Waals surface area contributed by atoms with Crippen molar-refractivity contribution in [2.75, 3.05) is 13.1 Å². The molecule has 0 amide bonds. The second-order valence-corrected chi connectivity index (χ2v) is 5.22. The maximum atomic E-state index is 6.05. The zero-order valence-electron chi connectivity index (χ0n) is 10.7. The number of aromatic nitrogens is 2. The van der Waals surface area contributed by atoms with Gasteiger partial charge in [0.2, 0.25) is 0 Å². The molecule has 18 heavy (non-hydrogen) atoms. The molecule has 0 bridgehead atoms. The molecule has 96 valence electrons. The van der Waals surface area contributed by atoms with E-state index in [1.165, 1.54) is 6.42 Å². The van der Waals surface area contributed by atoms with E-state index in [0.717, 1.165) is 30.9 Å². The number of piperidine rings is 1. The predicted octanol–water partition coefficient (Wildman–Crippen LogP) is 1.99. The molecule has 4 heteroatoms. The highest BCUT2D eigenvalue weighted by Crippen LogP contribution is 2.21. The van der Waals surface area contributed by atoms with Crippen LogP contribution in [0, 0.1) is 0 Å². The van der Waals surface area contributed by atoms with Gasteiger partial charge in [-0.15, -0.1) is 0 Å². The number of nitrogens with one attached hydrogen (secondary N) is 1. The van der Waals surface area contributed by atoms with Crippen molar-refractivity contribution >= 4 is 5.65 Å². The Morgan fingerprint density at radius 2 is 2.44 bits per heavy atom. The summed E-state index contributed by atoms with van der Waals surface area (Å²) in [5.74, 6) is 0. The molecule has 1 unspecified atom stereocenters. The third-order valence-electron chi connectivity index (χ3n) is 3.54. The quantitative estimate of drug-likeness (QED) is 0.898. The summed E-state index contributed by atoms with van der Waals surface area (Å²) in [6.45, 7) is 4.79. The Hall–Kier alpha value is -1.39. The zero-order valence-corrected chi connectivity index (χ0v) is 10.7. The minimum atomic E-state index is -0.0476. The molecular weight excluding hydrogens is 226 g/mol. The highest BCUT2D eigenvalue weighted by atomic mass is 16.5. The molecule has 0 aromatic carbocycles. The van der Waals surface area contributed by atoms with Crippen molar-refractivity contribution in [1.82, 2.24) is 14.7 Å². The molecule has 4 nitrogen and oxygen atoms in total. The molecule has 0 radical (unpaired) electrons. The molecule has 2 aromatic rings. The van der Waals surface area contributed by atoms with E-state index in [-0.39, 0.29) is 5.60 Å². The van der Waals surface area contributed by atoms with E-state index >= 15 is 0 Å². The molecule has 1 atom stereocenters. The Morgan fingerprint density at radius 1 is 1.50 bits per heavy atom. The number of rotatable bonds is 3. The highest BCUT2D eigenvalue weighted by molar-refractivity contribution is 5.39. The monoisotopic (exact) mass is 245 g/mol. The molecule has 3 heterocycles. The summed E-state index contributed by atoms with van der Waals surface area (Å²) in [4.78, 5) is 4.55. The fraction of sp³-hybridized carbons (Fsp3) is 0.500. The topological polar surface area (TPSA) is 38.6 Å². The standard InChI is InChI=1S/C14H19N3O/c1-14(6-4-7-15-11-14)18-10-12-9-17-8-3-2-5-13(17)16-12/h2-3,5,8-9,15H,4,6-7,10-11H2,1H3. The minimum Gasteiger partial charge on any atom is -0.368 e. The van der Waals surface area contributed by atoms with Crippen LogP contribution in [0.4, 0.5) is 0 Å². The fourth-order valence-corrected chi connectivity index (χ4v) is 2.46. The van der Waals surface area contributed by atoms with Gasteiger partial charge in [0.1, 0.15) is 5.65 Å². The third kappa shape index (κ3) is 2.40. The molecule has 2 aromatic heterocycles. The van der Waals surface area contributed by atoms with Gasteiger partial charge in [0.15, 0.2) is 0 Å². The fourth-order valence-electron chi connectivity index (χ4n) is 2.46. The van der Waals surface area contributed by atoms with Crippen LogP contribution in [0.5, 0.6) is 0 Å². The van der Waals surface area contributed by atoms with E-state index < -0.39 is 0 Å². The Labute approximate surface area is 107 Å². The van der Waals surface area contributed by atoms with Gasteiger partial charge in [-0.3, -0.25) is 0 Å². The number of hydrogen-bond donors (Lipinski definition) is 1. The Bertz CT molecular complexity index is 496. The normalized spacial score (nSPS) is 24.5. The third-order valence-corrected chi connectivity index (χ3v) is 3.54. The summed E-state index contributed by atoms with van der Waals surface area (Å²) in [5.41, 5.74) is 1.92. The summed E-state index contributed by atoms with van der Waals surface area (Å²) in [7, 11) is 0. The van der Waals surface area contributed by atoms with Crippen LogP contribution < -0.4 is 5.32 Å². The van der Waals surface area contributed by atoms with Gasteiger partial charge in [0.25, 0.3) is 0 Å². The first-order valence-corrected chi connectivity index (χ1v) is 6.53. The lowest BCUT2D eigenvalue weighted by atomic mass is 9.96. The second-order valence-electron chi connectivity index (χ2n) is 5.22. The number of hydrogen-bond acceptors (Lipinski definition) is 3. The van der Waals surface area contributed by atoms with Gasteiger partial charge in [0.05, 0.1) is 17.9 Å². The van der Waals surface area contributed by atoms with Crippen molar-refractivity contribution < 1.29 is 4.74 Å². The Kier molecular flexibility index (Phi) is 3.06. The molecule has 3 rings (SSSR count). The zero-order chi connectivity index (χ0) is 12.4. The van der Waals surface area contributed by atoms with Crippen molar-refractivity contribution in [3.05, 3.63) is 36.3 Å². The van der Waals surface area contributed by atoms with Crippen molar-refractivity contribution in [2.45, 2.75) is 32.0 Å². The first-order valence-electron chi connectivity index (χ1n) is 6.53. The van der Waals surface area contributed by atoms with Crippen LogP contribution in [0.15, 0.2) is 30.6 Å². The van der Waals surface area contributed by atoms with E-state index in [9.17, 15) is 0 Å². The van der Waals surface area contributed by atoms with Crippen LogP contribution in [-0.2, 0) is 11.3 Å². The number of imidazole rings is 1. The van der Waals surface area contributed by atoms with Gasteiger partial charge in [0, 0.05) is 18.9 Å². The first-order chi connectivity index (χ1) is 8.75. The van der Waals surface area contributed by atoms with Gasteiger partial charge in [-0.25, -0.2) is 4.98 Å². The van der Waals surface area contributed by atoms with Gasteiger partial charge in [-0.05, 0) is 38.4 Å². The number of ether oxygens (including phenoxy) is 1. The van der Waals surface area contributed by atoms with Crippen LogP contribution >= 0.6 is 0 Å². The van der Waals surface area contributed by atoms with E-state index in [1.807, 2.05) is 35.0 Å². The molecule has 0 spiro atoms. The maximum Gasteiger partial charge on any atom is 0.137 e. The summed E-state index contributed by atoms with van der Waals surface area (Å²) in [5, 5.41) is 3.39. The molecule has 0 saturated carbocycles. The summed E-state index contributed by atoms with van der Waals surface area (Å²) >= 11 is 0. The number of pyridine rings is 1. The van der Waals surface area contributed by atoms with Crippen LogP contribution in [0.2, 0.25) is 0 Å². The summed E-state index contributed by atoms with van der Waals surface area (Å²) in [6.07, 6.45) is 6.35. The van der Waals surface area contributed by atoms with Crippen molar-refractivity contribution in [2.24, 2.45) is 0 Å². The van der Waals surface area contributed by atoms with Crippen LogP contribution in [-0.4, -0.2) is 28.1 Å². The van der Waals surface area contributed by atoms with Gasteiger partial charge in [-0.1, -0.05) is 6.07 Å². The van der Waals surface area contributed by atoms with Gasteiger partial charge >= 0.3 is 0 Å². The Morgan fingerprint density at radius 3 is 3.22 bits per heavy atom. The summed E-state index contributed by atoms with van der Waals surface area (Å²) in [6, 6.07) is 6.01. The van der Waals surface area contributed by atoms with Crippen LogP contribution in [0.3, 0.4) is 0 Å². The molecule has 1 N–H and O–H groups in total. The van der Waals surface area contributed by atoms with Crippen LogP contribution in [0.1, 0.15) is 25.5 Å². The van der Waals surface area contributed by atoms with Crippen LogP contribution in [0.25, 0.3) is 5.65 Å². The van der Waals surface area contributed by atoms with E-state index in [4.69, 9.17) is 4.74 Å². The lowest BCUT2D eigenvalue weighted by Gasteiger charge is -2.33. The molecule has 1 fully saturated rings. The van der Waals surface area contributed by atoms with E-state index in [1.54, 1.807) is 0 Å². The Balaban J connectivity index is 1.69. The van der Waals surface area contributed by atoms with Gasteiger partial charge in [-0.2, -0.15) is 0 Å². The lowest BCUT2D eigenvalue weighted by Crippen LogP contribution is -2.45. The number of fused-ring (bicyclic) bond motifs is 1. The molecule has 0 aliphatic carbocycles. The highest BCUT2D eigenvalue weighted by Gasteiger charge is 2.27. The maximum absolute atomic E-state index is 6.05. The second kappa shape index (κ2) is 4.71. The molecule has 1 aliphatic heterocycles. The molecule has 1 saturated heterocycles. The summed E-state index contributed by atoms with van der Waals surface area (Å²) < 4.78 is 8.08. The van der Waals surface area contributed by atoms with Crippen molar-refractivity contribution in [1.29, 1.82) is 0 Å². The average Bonchev–Trinajstić information content (AvgIpc) is 2.80. The molecular formula is C14H19N3O. The van der Waals surface area contributed by atoms with Crippen molar-refractivity contribution in [3.8, 4) is 0 Å². The lowest BCUT2D eigenvalue weighted by molar-refractivity contribution is -0.0582. The SMILES string of the molecule is CC1(OCc2cn3ccccc3n2)CCCNC1. The smallest absolute Gasteiger partial charge is 0.137 e. The largest absolute Gasteiger partial charge is 0.368 e.